The van der Waals surface area contributed by atoms with E-state index in [1.165, 1.54) is 19.4 Å². The SMILES string of the molecule is O[C@@H]1CC2(CCN3CCCC3C2)Oc2cc(Br)ccc21. The summed E-state index contributed by atoms with van der Waals surface area (Å²) in [6, 6.07) is 6.61. The van der Waals surface area contributed by atoms with Crippen molar-refractivity contribution in [2.45, 2.75) is 49.9 Å². The Labute approximate surface area is 128 Å². The van der Waals surface area contributed by atoms with Gasteiger partial charge in [-0.2, -0.15) is 0 Å². The zero-order chi connectivity index (χ0) is 13.7. The molecule has 3 aliphatic rings. The van der Waals surface area contributed by atoms with Gasteiger partial charge in [-0.3, -0.25) is 0 Å². The monoisotopic (exact) mass is 337 g/mol. The number of halogens is 1. The predicted molar refractivity (Wildman–Crippen MR) is 80.9 cm³/mol. The first-order valence-corrected chi connectivity index (χ1v) is 8.35. The van der Waals surface area contributed by atoms with E-state index in [4.69, 9.17) is 4.74 Å². The molecule has 0 aliphatic carbocycles. The highest BCUT2D eigenvalue weighted by Gasteiger charge is 2.47. The number of ether oxygens (including phenoxy) is 1. The second-order valence-electron chi connectivity index (χ2n) is 6.47. The summed E-state index contributed by atoms with van der Waals surface area (Å²) in [4.78, 5) is 2.59. The van der Waals surface area contributed by atoms with Crippen molar-refractivity contribution < 1.29 is 9.84 Å². The number of piperidine rings is 1. The minimum Gasteiger partial charge on any atom is -0.487 e. The summed E-state index contributed by atoms with van der Waals surface area (Å²) in [5.74, 6) is 0.865. The first-order valence-electron chi connectivity index (χ1n) is 7.56. The first-order chi connectivity index (χ1) is 9.65. The van der Waals surface area contributed by atoms with Gasteiger partial charge in [-0.25, -0.2) is 0 Å². The van der Waals surface area contributed by atoms with E-state index in [0.717, 1.165) is 41.6 Å². The number of nitrogens with zero attached hydrogens (tertiary/aromatic N) is 1. The van der Waals surface area contributed by atoms with Crippen molar-refractivity contribution in [2.24, 2.45) is 0 Å². The zero-order valence-electron chi connectivity index (χ0n) is 11.5. The molecule has 0 bridgehead atoms. The molecule has 3 nitrogen and oxygen atoms in total. The van der Waals surface area contributed by atoms with Crippen LogP contribution in [0.4, 0.5) is 0 Å². The molecular formula is C16H20BrNO2. The first kappa shape index (κ1) is 13.1. The zero-order valence-corrected chi connectivity index (χ0v) is 13.1. The van der Waals surface area contributed by atoms with E-state index < -0.39 is 0 Å². The quantitative estimate of drug-likeness (QED) is 0.788. The molecule has 4 rings (SSSR count). The van der Waals surface area contributed by atoms with E-state index in [0.29, 0.717) is 6.04 Å². The minimum atomic E-state index is -0.389. The van der Waals surface area contributed by atoms with Crippen molar-refractivity contribution >= 4 is 15.9 Å². The van der Waals surface area contributed by atoms with E-state index in [9.17, 15) is 5.11 Å². The van der Waals surface area contributed by atoms with Gasteiger partial charge in [0, 0.05) is 35.5 Å². The van der Waals surface area contributed by atoms with Crippen molar-refractivity contribution in [1.29, 1.82) is 0 Å². The highest BCUT2D eigenvalue weighted by molar-refractivity contribution is 9.10. The molecule has 3 heterocycles. The third-order valence-corrected chi connectivity index (χ3v) is 5.68. The molecule has 0 amide bonds. The number of aliphatic hydroxyl groups excluding tert-OH is 1. The van der Waals surface area contributed by atoms with Crippen LogP contribution >= 0.6 is 15.9 Å². The number of hydrogen-bond acceptors (Lipinski definition) is 3. The maximum absolute atomic E-state index is 10.5. The number of hydrogen-bond donors (Lipinski definition) is 1. The van der Waals surface area contributed by atoms with Crippen molar-refractivity contribution in [3.63, 3.8) is 0 Å². The van der Waals surface area contributed by atoms with Crippen LogP contribution in [0.25, 0.3) is 0 Å². The van der Waals surface area contributed by atoms with Crippen LogP contribution in [0.1, 0.15) is 43.8 Å². The number of aliphatic hydroxyl groups is 1. The van der Waals surface area contributed by atoms with Crippen molar-refractivity contribution in [1.82, 2.24) is 4.90 Å². The highest BCUT2D eigenvalue weighted by atomic mass is 79.9. The van der Waals surface area contributed by atoms with E-state index in [2.05, 4.69) is 20.8 Å². The van der Waals surface area contributed by atoms with Gasteiger partial charge in [0.05, 0.1) is 6.10 Å². The Morgan fingerprint density at radius 3 is 3.10 bits per heavy atom. The fourth-order valence-corrected chi connectivity index (χ4v) is 4.53. The van der Waals surface area contributed by atoms with Crippen LogP contribution in [0, 0.1) is 0 Å². The molecule has 0 radical (unpaired) electrons. The molecule has 3 aliphatic heterocycles. The lowest BCUT2D eigenvalue weighted by Gasteiger charge is -2.47. The lowest BCUT2D eigenvalue weighted by molar-refractivity contribution is -0.0646. The Bertz CT molecular complexity index is 535. The second kappa shape index (κ2) is 4.72. The normalized spacial score (nSPS) is 36.5. The lowest BCUT2D eigenvalue weighted by Crippen LogP contribution is -2.52. The Morgan fingerprint density at radius 1 is 1.30 bits per heavy atom. The molecule has 20 heavy (non-hydrogen) atoms. The fourth-order valence-electron chi connectivity index (χ4n) is 4.19. The summed E-state index contributed by atoms with van der Waals surface area (Å²) in [6.45, 7) is 2.35. The largest absolute Gasteiger partial charge is 0.487 e. The van der Waals surface area contributed by atoms with Gasteiger partial charge in [0.2, 0.25) is 0 Å². The summed E-state index contributed by atoms with van der Waals surface area (Å²) in [6.07, 6.45) is 5.05. The van der Waals surface area contributed by atoms with Crippen molar-refractivity contribution in [3.8, 4) is 5.75 Å². The molecule has 108 valence electrons. The van der Waals surface area contributed by atoms with Crippen LogP contribution in [-0.2, 0) is 0 Å². The Hall–Kier alpha value is -0.580. The predicted octanol–water partition coefficient (Wildman–Crippen LogP) is 3.26. The van der Waals surface area contributed by atoms with E-state index in [1.807, 2.05) is 18.2 Å². The van der Waals surface area contributed by atoms with Crippen LogP contribution in [-0.4, -0.2) is 34.7 Å². The molecule has 1 spiro atoms. The van der Waals surface area contributed by atoms with Crippen LogP contribution in [0.15, 0.2) is 22.7 Å². The molecule has 0 saturated carbocycles. The molecule has 4 heteroatoms. The van der Waals surface area contributed by atoms with Crippen LogP contribution < -0.4 is 4.74 Å². The Balaban J connectivity index is 1.64. The van der Waals surface area contributed by atoms with Gasteiger partial charge < -0.3 is 14.7 Å². The molecule has 3 atom stereocenters. The second-order valence-corrected chi connectivity index (χ2v) is 7.39. The fraction of sp³-hybridized carbons (Fsp3) is 0.625. The standard InChI is InChI=1S/C16H20BrNO2/c17-11-3-4-13-14(19)10-16(20-15(13)8-11)5-7-18-6-1-2-12(18)9-16/h3-4,8,12,14,19H,1-2,5-7,9-10H2/t12?,14-,16?/m1/s1. The number of benzene rings is 1. The van der Waals surface area contributed by atoms with Crippen LogP contribution in [0.3, 0.4) is 0 Å². The van der Waals surface area contributed by atoms with Gasteiger partial charge in [0.1, 0.15) is 11.4 Å². The summed E-state index contributed by atoms with van der Waals surface area (Å²) < 4.78 is 7.42. The van der Waals surface area contributed by atoms with E-state index in [-0.39, 0.29) is 11.7 Å². The summed E-state index contributed by atoms with van der Waals surface area (Å²) >= 11 is 3.50. The molecule has 1 aromatic carbocycles. The van der Waals surface area contributed by atoms with E-state index in [1.54, 1.807) is 0 Å². The Kier molecular flexibility index (Phi) is 3.09. The Morgan fingerprint density at radius 2 is 2.20 bits per heavy atom. The molecule has 0 aromatic heterocycles. The minimum absolute atomic E-state index is 0.154. The lowest BCUT2D eigenvalue weighted by atomic mass is 9.79. The van der Waals surface area contributed by atoms with Gasteiger partial charge >= 0.3 is 0 Å². The van der Waals surface area contributed by atoms with Crippen molar-refractivity contribution in [2.75, 3.05) is 13.1 Å². The number of rotatable bonds is 0. The average molecular weight is 338 g/mol. The highest BCUT2D eigenvalue weighted by Crippen LogP contribution is 2.47. The molecule has 2 saturated heterocycles. The molecule has 2 unspecified atom stereocenters. The summed E-state index contributed by atoms with van der Waals surface area (Å²) in [5.41, 5.74) is 0.784. The van der Waals surface area contributed by atoms with Gasteiger partial charge in [-0.05, 0) is 37.9 Å². The average Bonchev–Trinajstić information content (AvgIpc) is 2.85. The molecule has 1 N–H and O–H groups in total. The summed E-state index contributed by atoms with van der Waals surface area (Å²) in [7, 11) is 0. The van der Waals surface area contributed by atoms with Crippen molar-refractivity contribution in [3.05, 3.63) is 28.2 Å². The number of fused-ring (bicyclic) bond motifs is 2. The van der Waals surface area contributed by atoms with Crippen LogP contribution in [0.5, 0.6) is 5.75 Å². The van der Waals surface area contributed by atoms with Gasteiger partial charge in [-0.1, -0.05) is 22.0 Å². The maximum atomic E-state index is 10.5. The van der Waals surface area contributed by atoms with E-state index >= 15 is 0 Å². The molecular weight excluding hydrogens is 318 g/mol. The smallest absolute Gasteiger partial charge is 0.127 e. The topological polar surface area (TPSA) is 32.7 Å². The van der Waals surface area contributed by atoms with Gasteiger partial charge in [-0.15, -0.1) is 0 Å². The molecule has 1 aromatic rings. The third-order valence-electron chi connectivity index (χ3n) is 5.19. The van der Waals surface area contributed by atoms with Gasteiger partial charge in [0.15, 0.2) is 0 Å². The molecule has 2 fully saturated rings. The summed E-state index contributed by atoms with van der Waals surface area (Å²) in [5, 5.41) is 10.5. The van der Waals surface area contributed by atoms with Gasteiger partial charge in [0.25, 0.3) is 0 Å². The van der Waals surface area contributed by atoms with Crippen LogP contribution in [0.2, 0.25) is 0 Å². The maximum Gasteiger partial charge on any atom is 0.127 e. The third kappa shape index (κ3) is 2.09.